The monoisotopic (exact) mass is 348 g/mol. The van der Waals surface area contributed by atoms with Gasteiger partial charge < -0.3 is 0 Å². The van der Waals surface area contributed by atoms with Crippen LogP contribution in [0.4, 0.5) is 0 Å². The van der Waals surface area contributed by atoms with Crippen molar-refractivity contribution in [2.75, 3.05) is 0 Å². The second-order valence-corrected chi connectivity index (χ2v) is 2.85. The van der Waals surface area contributed by atoms with Gasteiger partial charge in [0.25, 0.3) is 0 Å². The predicted octanol–water partition coefficient (Wildman–Crippen LogP) is 3.54. The Morgan fingerprint density at radius 3 is 2.09 bits per heavy atom. The Hall–Kier alpha value is 0.662. The topological polar surface area (TPSA) is 0 Å². The van der Waals surface area contributed by atoms with E-state index in [1.807, 2.05) is 6.08 Å². The zero-order chi connectivity index (χ0) is 7.66. The number of allylic oxidation sites excluding steroid dienone is 1. The molecule has 0 aliphatic rings. The van der Waals surface area contributed by atoms with Gasteiger partial charge in [0.05, 0.1) is 0 Å². The van der Waals surface area contributed by atoms with Gasteiger partial charge in [0.1, 0.15) is 0 Å². The molecule has 0 saturated heterocycles. The van der Waals surface area contributed by atoms with Gasteiger partial charge >= 0.3 is 0 Å². The molecule has 1 heteroatoms. The summed E-state index contributed by atoms with van der Waals surface area (Å²) in [5, 5.41) is 0. The van der Waals surface area contributed by atoms with Gasteiger partial charge in [-0.2, -0.15) is 0 Å². The second-order valence-electron chi connectivity index (χ2n) is 2.85. The van der Waals surface area contributed by atoms with Crippen LogP contribution in [0.3, 0.4) is 0 Å². The molecule has 64 valence electrons. The van der Waals surface area contributed by atoms with Crippen LogP contribution in [-0.2, 0) is 0 Å². The Bertz CT molecular complexity index is 69.3. The summed E-state index contributed by atoms with van der Waals surface area (Å²) in [7, 11) is 0. The molecule has 0 aromatic rings. The van der Waals surface area contributed by atoms with E-state index in [1.54, 1.807) is 0 Å². The van der Waals surface area contributed by atoms with Crippen molar-refractivity contribution in [3.63, 3.8) is 0 Å². The maximum atomic E-state index is 3.69. The summed E-state index contributed by atoms with van der Waals surface area (Å²) in [6, 6.07) is 0. The van der Waals surface area contributed by atoms with Crippen molar-refractivity contribution < 1.29 is 0 Å². The van der Waals surface area contributed by atoms with Crippen molar-refractivity contribution >= 4 is 27.3 Å². The smallest absolute Gasteiger partial charge is 0 e. The molecule has 0 spiro atoms. The molecule has 0 aliphatic carbocycles. The van der Waals surface area contributed by atoms with Gasteiger partial charge in [0.2, 0.25) is 0 Å². The number of hydrogen-bond acceptors (Lipinski definition) is 0. The summed E-state index contributed by atoms with van der Waals surface area (Å²) in [5.41, 5.74) is 0. The molecule has 0 rings (SSSR count). The third-order valence-corrected chi connectivity index (χ3v) is 1.76. The van der Waals surface area contributed by atoms with Crippen LogP contribution in [0.15, 0.2) is 12.7 Å². The van der Waals surface area contributed by atoms with E-state index < -0.39 is 0 Å². The van der Waals surface area contributed by atoms with Gasteiger partial charge in [0, 0.05) is 27.3 Å². The third-order valence-electron chi connectivity index (χ3n) is 1.76. The molecular formula is C10H20Pb. The minimum absolute atomic E-state index is 0. The number of rotatable bonds is 7. The normalized spacial score (nSPS) is 8.82. The summed E-state index contributed by atoms with van der Waals surface area (Å²) in [6.07, 6.45) is 11.6. The van der Waals surface area contributed by atoms with Gasteiger partial charge in [-0.15, -0.1) is 6.58 Å². The Kier molecular flexibility index (Phi) is 17.1. The van der Waals surface area contributed by atoms with Gasteiger partial charge in [-0.3, -0.25) is 0 Å². The summed E-state index contributed by atoms with van der Waals surface area (Å²) in [6.45, 7) is 5.95. The zero-order valence-corrected chi connectivity index (χ0v) is 11.6. The van der Waals surface area contributed by atoms with Crippen molar-refractivity contribution in [1.82, 2.24) is 0 Å². The van der Waals surface area contributed by atoms with Crippen molar-refractivity contribution in [3.8, 4) is 0 Å². The van der Waals surface area contributed by atoms with E-state index in [1.165, 1.54) is 44.9 Å². The van der Waals surface area contributed by atoms with E-state index in [9.17, 15) is 0 Å². The summed E-state index contributed by atoms with van der Waals surface area (Å²) in [4.78, 5) is 0. The molecule has 0 nitrogen and oxygen atoms in total. The first-order valence-electron chi connectivity index (χ1n) is 4.52. The van der Waals surface area contributed by atoms with Gasteiger partial charge in [-0.05, 0) is 12.8 Å². The molecule has 0 amide bonds. The van der Waals surface area contributed by atoms with Crippen LogP contribution >= 0.6 is 0 Å². The molecule has 0 bridgehead atoms. The molecule has 4 radical (unpaired) electrons. The van der Waals surface area contributed by atoms with Crippen LogP contribution in [0.5, 0.6) is 0 Å². The quantitative estimate of drug-likeness (QED) is 0.375. The third kappa shape index (κ3) is 13.6. The number of unbranched alkanes of at least 4 members (excludes halogenated alkanes) is 6. The van der Waals surface area contributed by atoms with Crippen molar-refractivity contribution in [2.24, 2.45) is 0 Å². The van der Waals surface area contributed by atoms with Crippen molar-refractivity contribution in [2.45, 2.75) is 51.9 Å². The minimum Gasteiger partial charge on any atom is -0.103 e. The van der Waals surface area contributed by atoms with Gasteiger partial charge in [-0.1, -0.05) is 45.1 Å². The van der Waals surface area contributed by atoms with Crippen LogP contribution in [0.2, 0.25) is 0 Å². The minimum atomic E-state index is 0. The molecule has 0 N–H and O–H groups in total. The molecule has 0 atom stereocenters. The molecule has 11 heavy (non-hydrogen) atoms. The van der Waals surface area contributed by atoms with Crippen LogP contribution < -0.4 is 0 Å². The molecular weight excluding hydrogens is 327 g/mol. The van der Waals surface area contributed by atoms with Crippen molar-refractivity contribution in [3.05, 3.63) is 12.7 Å². The number of hydrogen-bond donors (Lipinski definition) is 0. The van der Waals surface area contributed by atoms with Gasteiger partial charge in [-0.25, -0.2) is 0 Å². The van der Waals surface area contributed by atoms with Crippen LogP contribution in [0.1, 0.15) is 51.9 Å². The first-order chi connectivity index (χ1) is 4.91. The maximum absolute atomic E-state index is 3.69. The Labute approximate surface area is 91.6 Å². The average Bonchev–Trinajstić information content (AvgIpc) is 1.97. The average molecular weight is 347 g/mol. The van der Waals surface area contributed by atoms with Gasteiger partial charge in [0.15, 0.2) is 0 Å². The fourth-order valence-corrected chi connectivity index (χ4v) is 1.07. The molecule has 0 fully saturated rings. The fraction of sp³-hybridized carbons (Fsp3) is 0.800. The summed E-state index contributed by atoms with van der Waals surface area (Å²) >= 11 is 0. The van der Waals surface area contributed by atoms with E-state index in [4.69, 9.17) is 0 Å². The molecule has 0 aromatic heterocycles. The van der Waals surface area contributed by atoms with E-state index >= 15 is 0 Å². The standard InChI is InChI=1S/C10H20.Pb/c1-3-5-7-9-10-8-6-4-2;/h3H,1,4-10H2,2H3;. The van der Waals surface area contributed by atoms with E-state index in [0.29, 0.717) is 0 Å². The molecule has 0 aromatic carbocycles. The molecule has 0 saturated carbocycles. The molecule has 0 aliphatic heterocycles. The summed E-state index contributed by atoms with van der Waals surface area (Å²) < 4.78 is 0. The van der Waals surface area contributed by atoms with E-state index in [2.05, 4.69) is 13.5 Å². The van der Waals surface area contributed by atoms with E-state index in [-0.39, 0.29) is 27.3 Å². The Balaban J connectivity index is 0. The first kappa shape index (κ1) is 14.2. The Morgan fingerprint density at radius 2 is 1.55 bits per heavy atom. The van der Waals surface area contributed by atoms with Crippen molar-refractivity contribution in [1.29, 1.82) is 0 Å². The summed E-state index contributed by atoms with van der Waals surface area (Å²) in [5.74, 6) is 0. The van der Waals surface area contributed by atoms with E-state index in [0.717, 1.165) is 0 Å². The largest absolute Gasteiger partial charge is 0.103 e. The zero-order valence-electron chi connectivity index (χ0n) is 7.73. The predicted molar refractivity (Wildman–Crippen MR) is 53.9 cm³/mol. The molecule has 0 heterocycles. The SMILES string of the molecule is C=CCCCCCCCC.[Pb]. The first-order valence-corrected chi connectivity index (χ1v) is 4.52. The van der Waals surface area contributed by atoms with Crippen LogP contribution in [0, 0.1) is 0 Å². The Morgan fingerprint density at radius 1 is 1.00 bits per heavy atom. The second kappa shape index (κ2) is 13.3. The van der Waals surface area contributed by atoms with Crippen LogP contribution in [0.25, 0.3) is 0 Å². The van der Waals surface area contributed by atoms with Crippen LogP contribution in [-0.4, -0.2) is 27.3 Å². The molecule has 0 unspecified atom stereocenters. The maximum Gasteiger partial charge on any atom is 0 e. The fourth-order valence-electron chi connectivity index (χ4n) is 1.07.